The highest BCUT2D eigenvalue weighted by molar-refractivity contribution is 6.16. The van der Waals surface area contributed by atoms with Crippen molar-refractivity contribution in [2.45, 2.75) is 0 Å². The highest BCUT2D eigenvalue weighted by Gasteiger charge is 2.37. The molecule has 0 saturated heterocycles. The zero-order valence-corrected chi connectivity index (χ0v) is 6.73. The molecule has 6 nitrogen and oxygen atoms in total. The number of rotatable bonds is 1. The average Bonchev–Trinajstić information content (AvgIpc) is 2.48. The van der Waals surface area contributed by atoms with Crippen molar-refractivity contribution < 1.29 is 14.1 Å². The Balaban J connectivity index is 2.44. The SMILES string of the molecule is O=C1NN=C2C=C([N+](=O)[O-])C=C(F)C12. The molecule has 1 aliphatic carbocycles. The Morgan fingerprint density at radius 2 is 2.29 bits per heavy atom. The Morgan fingerprint density at radius 1 is 1.57 bits per heavy atom. The molecule has 2 rings (SSSR count). The van der Waals surface area contributed by atoms with Gasteiger partial charge in [0, 0.05) is 12.2 Å². The van der Waals surface area contributed by atoms with Crippen molar-refractivity contribution in [2.24, 2.45) is 11.0 Å². The molecule has 1 amide bonds. The van der Waals surface area contributed by atoms with Crippen LogP contribution in [0, 0.1) is 16.0 Å². The molecule has 1 heterocycles. The van der Waals surface area contributed by atoms with Gasteiger partial charge in [-0.15, -0.1) is 0 Å². The summed E-state index contributed by atoms with van der Waals surface area (Å²) in [4.78, 5) is 20.6. The summed E-state index contributed by atoms with van der Waals surface area (Å²) in [6, 6.07) is 0. The van der Waals surface area contributed by atoms with Crippen LogP contribution < -0.4 is 5.43 Å². The first-order valence-electron chi connectivity index (χ1n) is 3.70. The number of carbonyl (C=O) groups is 1. The number of fused-ring (bicyclic) bond motifs is 1. The Hall–Kier alpha value is -2.05. The highest BCUT2D eigenvalue weighted by Crippen LogP contribution is 2.26. The summed E-state index contributed by atoms with van der Waals surface area (Å²) in [7, 11) is 0. The summed E-state index contributed by atoms with van der Waals surface area (Å²) >= 11 is 0. The first kappa shape index (κ1) is 8.54. The van der Waals surface area contributed by atoms with Gasteiger partial charge in [-0.25, -0.2) is 9.82 Å². The molecule has 0 aromatic heterocycles. The molecule has 2 aliphatic rings. The van der Waals surface area contributed by atoms with E-state index in [2.05, 4.69) is 10.5 Å². The Bertz CT molecular complexity index is 424. The summed E-state index contributed by atoms with van der Waals surface area (Å²) in [5.74, 6) is -2.57. The van der Waals surface area contributed by atoms with Crippen molar-refractivity contribution >= 4 is 11.6 Å². The summed E-state index contributed by atoms with van der Waals surface area (Å²) in [5.41, 5.74) is 1.69. The van der Waals surface area contributed by atoms with E-state index < -0.39 is 28.3 Å². The number of amides is 1. The van der Waals surface area contributed by atoms with Gasteiger partial charge in [-0.2, -0.15) is 5.10 Å². The van der Waals surface area contributed by atoms with Crippen molar-refractivity contribution in [1.82, 2.24) is 5.43 Å². The lowest BCUT2D eigenvalue weighted by atomic mass is 9.96. The molecule has 0 aromatic rings. The Morgan fingerprint density at radius 3 is 2.93 bits per heavy atom. The molecule has 0 aromatic carbocycles. The van der Waals surface area contributed by atoms with Crippen LogP contribution in [0.2, 0.25) is 0 Å². The molecule has 7 heteroatoms. The van der Waals surface area contributed by atoms with Gasteiger partial charge in [0.05, 0.1) is 10.6 Å². The third-order valence-electron chi connectivity index (χ3n) is 1.92. The second kappa shape index (κ2) is 2.72. The average molecular weight is 197 g/mol. The number of nitrogens with one attached hydrogen (secondary N) is 1. The number of nitrogens with zero attached hydrogens (tertiary/aromatic N) is 2. The van der Waals surface area contributed by atoms with E-state index in [-0.39, 0.29) is 5.71 Å². The lowest BCUT2D eigenvalue weighted by Crippen LogP contribution is -2.25. The molecule has 1 aliphatic heterocycles. The van der Waals surface area contributed by atoms with E-state index in [0.29, 0.717) is 0 Å². The zero-order chi connectivity index (χ0) is 10.3. The van der Waals surface area contributed by atoms with Gasteiger partial charge < -0.3 is 0 Å². The van der Waals surface area contributed by atoms with E-state index in [1.54, 1.807) is 0 Å². The van der Waals surface area contributed by atoms with E-state index in [0.717, 1.165) is 12.2 Å². The van der Waals surface area contributed by atoms with Crippen LogP contribution in [0.15, 0.2) is 28.8 Å². The molecular formula is C7H4FN3O3. The molecular weight excluding hydrogens is 193 g/mol. The summed E-state index contributed by atoms with van der Waals surface area (Å²) < 4.78 is 13.2. The molecule has 1 atom stereocenters. The third kappa shape index (κ3) is 1.10. The second-order valence-corrected chi connectivity index (χ2v) is 2.80. The van der Waals surface area contributed by atoms with Crippen molar-refractivity contribution in [3.63, 3.8) is 0 Å². The molecule has 14 heavy (non-hydrogen) atoms. The van der Waals surface area contributed by atoms with E-state index >= 15 is 0 Å². The molecule has 1 N–H and O–H groups in total. The number of hydrazone groups is 1. The fourth-order valence-corrected chi connectivity index (χ4v) is 1.29. The van der Waals surface area contributed by atoms with Gasteiger partial charge in [0.15, 0.2) is 0 Å². The molecule has 72 valence electrons. The number of hydrogen-bond acceptors (Lipinski definition) is 4. The summed E-state index contributed by atoms with van der Waals surface area (Å²) in [5, 5.41) is 13.8. The van der Waals surface area contributed by atoms with Crippen LogP contribution in [0.5, 0.6) is 0 Å². The fraction of sp³-hybridized carbons (Fsp3) is 0.143. The maximum atomic E-state index is 13.2. The van der Waals surface area contributed by atoms with Crippen LogP contribution in [0.1, 0.15) is 0 Å². The summed E-state index contributed by atoms with van der Waals surface area (Å²) in [6.45, 7) is 0. The molecule has 1 unspecified atom stereocenters. The number of allylic oxidation sites excluding steroid dienone is 2. The molecule has 0 radical (unpaired) electrons. The minimum Gasteiger partial charge on any atom is -0.272 e. The van der Waals surface area contributed by atoms with Gasteiger partial charge in [-0.05, 0) is 0 Å². The molecule has 0 saturated carbocycles. The van der Waals surface area contributed by atoms with E-state index in [1.807, 2.05) is 0 Å². The van der Waals surface area contributed by atoms with Crippen molar-refractivity contribution in [1.29, 1.82) is 0 Å². The van der Waals surface area contributed by atoms with Gasteiger partial charge in [0.2, 0.25) is 0 Å². The van der Waals surface area contributed by atoms with Crippen LogP contribution in [0.4, 0.5) is 4.39 Å². The monoisotopic (exact) mass is 197 g/mol. The predicted octanol–water partition coefficient (Wildman–Crippen LogP) is 0.116. The van der Waals surface area contributed by atoms with Crippen LogP contribution in [-0.4, -0.2) is 16.5 Å². The van der Waals surface area contributed by atoms with Gasteiger partial charge in [0.25, 0.3) is 11.6 Å². The third-order valence-corrected chi connectivity index (χ3v) is 1.92. The van der Waals surface area contributed by atoms with Crippen LogP contribution in [0.25, 0.3) is 0 Å². The lowest BCUT2D eigenvalue weighted by Gasteiger charge is -2.08. The molecule has 0 bridgehead atoms. The Kier molecular flexibility index (Phi) is 1.66. The van der Waals surface area contributed by atoms with Crippen LogP contribution in [0.3, 0.4) is 0 Å². The first-order chi connectivity index (χ1) is 6.59. The minimum absolute atomic E-state index is 0.0432. The zero-order valence-electron chi connectivity index (χ0n) is 6.73. The second-order valence-electron chi connectivity index (χ2n) is 2.80. The van der Waals surface area contributed by atoms with E-state index in [1.165, 1.54) is 0 Å². The van der Waals surface area contributed by atoms with Crippen molar-refractivity contribution in [3.8, 4) is 0 Å². The summed E-state index contributed by atoms with van der Waals surface area (Å²) in [6.07, 6.45) is 1.81. The Labute approximate surface area is 76.9 Å². The predicted molar refractivity (Wildman–Crippen MR) is 43.3 cm³/mol. The number of halogens is 1. The lowest BCUT2D eigenvalue weighted by molar-refractivity contribution is -0.419. The van der Waals surface area contributed by atoms with Crippen molar-refractivity contribution in [2.75, 3.05) is 0 Å². The number of carbonyl (C=O) groups excluding carboxylic acids is 1. The van der Waals surface area contributed by atoms with E-state index in [9.17, 15) is 19.3 Å². The largest absolute Gasteiger partial charge is 0.273 e. The quantitative estimate of drug-likeness (QED) is 0.478. The smallest absolute Gasteiger partial charge is 0.272 e. The number of nitro groups is 1. The van der Waals surface area contributed by atoms with Gasteiger partial charge >= 0.3 is 0 Å². The molecule has 0 spiro atoms. The maximum Gasteiger partial charge on any atom is 0.273 e. The van der Waals surface area contributed by atoms with Gasteiger partial charge in [-0.3, -0.25) is 14.9 Å². The van der Waals surface area contributed by atoms with Crippen LogP contribution >= 0.6 is 0 Å². The van der Waals surface area contributed by atoms with E-state index in [4.69, 9.17) is 0 Å². The number of hydrogen-bond donors (Lipinski definition) is 1. The molecule has 0 fully saturated rings. The van der Waals surface area contributed by atoms with Gasteiger partial charge in [-0.1, -0.05) is 0 Å². The van der Waals surface area contributed by atoms with Crippen LogP contribution in [-0.2, 0) is 4.79 Å². The first-order valence-corrected chi connectivity index (χ1v) is 3.70. The fourth-order valence-electron chi connectivity index (χ4n) is 1.29. The standard InChI is InChI=1S/C7H4FN3O3/c8-4-1-3(11(13)14)2-5-6(4)7(12)10-9-5/h1-2,6H,(H,10,12). The van der Waals surface area contributed by atoms with Gasteiger partial charge in [0.1, 0.15) is 11.7 Å². The topological polar surface area (TPSA) is 84.6 Å². The maximum absolute atomic E-state index is 13.2. The highest BCUT2D eigenvalue weighted by atomic mass is 19.1. The normalized spacial score (nSPS) is 24.5. The minimum atomic E-state index is -1.11. The van der Waals surface area contributed by atoms with Crippen molar-refractivity contribution in [3.05, 3.63) is 33.8 Å².